The van der Waals surface area contributed by atoms with E-state index in [1.54, 1.807) is 32.2 Å². The number of nitrogens with zero attached hydrogens (tertiary/aromatic N) is 1. The molecule has 0 saturated heterocycles. The van der Waals surface area contributed by atoms with Gasteiger partial charge in [-0.1, -0.05) is 30.7 Å². The fourth-order valence-electron chi connectivity index (χ4n) is 3.44. The lowest BCUT2D eigenvalue weighted by molar-refractivity contribution is -0.120. The Morgan fingerprint density at radius 1 is 1.30 bits per heavy atom. The molecule has 2 heterocycles. The van der Waals surface area contributed by atoms with Crippen LogP contribution in [0.4, 0.5) is 4.39 Å². The van der Waals surface area contributed by atoms with Gasteiger partial charge in [0.25, 0.3) is 0 Å². The number of nitrogens with one attached hydrogen (secondary N) is 3. The van der Waals surface area contributed by atoms with Crippen LogP contribution in [0.25, 0.3) is 11.0 Å². The molecule has 0 aliphatic heterocycles. The van der Waals surface area contributed by atoms with Crippen molar-refractivity contribution in [2.45, 2.75) is 39.5 Å². The van der Waals surface area contributed by atoms with E-state index >= 15 is 0 Å². The maximum Gasteiger partial charge on any atom is 0.224 e. The molecule has 2 aromatic heterocycles. The fraction of sp³-hybridized carbons (Fsp3) is 0.261. The molecule has 0 saturated carbocycles. The van der Waals surface area contributed by atoms with E-state index in [1.807, 2.05) is 19.2 Å². The Labute approximate surface area is 179 Å². The van der Waals surface area contributed by atoms with Crippen LogP contribution in [0.2, 0.25) is 5.02 Å². The maximum atomic E-state index is 13.1. The van der Waals surface area contributed by atoms with Gasteiger partial charge < -0.3 is 15.7 Å². The monoisotopic (exact) mass is 426 g/mol. The number of hydrogen-bond donors (Lipinski definition) is 3. The zero-order chi connectivity index (χ0) is 21.8. The molecule has 0 aliphatic carbocycles. The second kappa shape index (κ2) is 9.22. The second-order valence-electron chi connectivity index (χ2n) is 7.47. The van der Waals surface area contributed by atoms with Crippen molar-refractivity contribution in [3.05, 3.63) is 76.0 Å². The Bertz CT molecular complexity index is 1120. The van der Waals surface area contributed by atoms with Crippen molar-refractivity contribution in [2.24, 2.45) is 0 Å². The van der Waals surface area contributed by atoms with Gasteiger partial charge in [-0.05, 0) is 54.7 Å². The Morgan fingerprint density at radius 2 is 2.00 bits per heavy atom. The van der Waals surface area contributed by atoms with Crippen LogP contribution in [-0.4, -0.2) is 21.6 Å². The predicted octanol–water partition coefficient (Wildman–Crippen LogP) is 5.52. The number of halogens is 2. The van der Waals surface area contributed by atoms with Crippen molar-refractivity contribution in [2.75, 3.05) is 0 Å². The standard InChI is InChI=1S/C23H24ClFN4O/c1-13(16-4-6-19(25)7-5-16)8-22(30)29-15(3)20(14(2)26)9-17-11-27-23-21(17)10-18(24)12-28-23/h4-7,10-13,26H,8-9H2,1-3H3,(H,27,28)(H,29,30)/b20-15-,26-14?/t13-/m1/s1. The van der Waals surface area contributed by atoms with E-state index in [4.69, 9.17) is 17.0 Å². The fourth-order valence-corrected chi connectivity index (χ4v) is 3.60. The number of pyridine rings is 1. The molecule has 1 atom stereocenters. The van der Waals surface area contributed by atoms with Gasteiger partial charge in [0.2, 0.25) is 5.91 Å². The third-order valence-corrected chi connectivity index (χ3v) is 5.32. The second-order valence-corrected chi connectivity index (χ2v) is 7.91. The minimum absolute atomic E-state index is 0.0511. The molecule has 3 N–H and O–H groups in total. The molecule has 3 rings (SSSR count). The summed E-state index contributed by atoms with van der Waals surface area (Å²) in [6, 6.07) is 8.02. The molecule has 1 amide bonds. The SMILES string of the molecule is CC(=N)/C(Cc1c[nH]c2ncc(Cl)cc12)=C(/C)NC(=O)C[C@@H](C)c1ccc(F)cc1. The number of benzene rings is 1. The molecule has 0 radical (unpaired) electrons. The number of H-pyrrole nitrogens is 1. The third kappa shape index (κ3) is 5.13. The minimum Gasteiger partial charge on any atom is -0.346 e. The number of amides is 1. The summed E-state index contributed by atoms with van der Waals surface area (Å²) in [5, 5.41) is 12.5. The highest BCUT2D eigenvalue weighted by Crippen LogP contribution is 2.24. The van der Waals surface area contributed by atoms with Crippen LogP contribution < -0.4 is 5.32 Å². The molecule has 7 heteroatoms. The van der Waals surface area contributed by atoms with Gasteiger partial charge in [-0.25, -0.2) is 9.37 Å². The number of carbonyl (C=O) groups is 1. The van der Waals surface area contributed by atoms with E-state index in [9.17, 15) is 9.18 Å². The first-order chi connectivity index (χ1) is 14.2. The summed E-state index contributed by atoms with van der Waals surface area (Å²) in [6.45, 7) is 5.43. The summed E-state index contributed by atoms with van der Waals surface area (Å²) in [4.78, 5) is 19.9. The summed E-state index contributed by atoms with van der Waals surface area (Å²) in [5.41, 5.74) is 4.34. The predicted molar refractivity (Wildman–Crippen MR) is 118 cm³/mol. The molecule has 156 valence electrons. The van der Waals surface area contributed by atoms with Gasteiger partial charge in [-0.3, -0.25) is 4.79 Å². The molecule has 30 heavy (non-hydrogen) atoms. The van der Waals surface area contributed by atoms with Gasteiger partial charge in [0.15, 0.2) is 0 Å². The summed E-state index contributed by atoms with van der Waals surface area (Å²) in [7, 11) is 0. The highest BCUT2D eigenvalue weighted by atomic mass is 35.5. The van der Waals surface area contributed by atoms with E-state index in [-0.39, 0.29) is 24.1 Å². The number of rotatable bonds is 7. The number of carbonyl (C=O) groups excluding carboxylic acids is 1. The number of allylic oxidation sites excluding steroid dienone is 2. The Morgan fingerprint density at radius 3 is 2.67 bits per heavy atom. The quantitative estimate of drug-likeness (QED) is 0.434. The molecule has 0 aliphatic rings. The van der Waals surface area contributed by atoms with Gasteiger partial charge in [-0.2, -0.15) is 0 Å². The molecule has 0 bridgehead atoms. The van der Waals surface area contributed by atoms with Crippen molar-refractivity contribution in [1.82, 2.24) is 15.3 Å². The smallest absolute Gasteiger partial charge is 0.224 e. The zero-order valence-corrected chi connectivity index (χ0v) is 17.9. The average molecular weight is 427 g/mol. The average Bonchev–Trinajstić information content (AvgIpc) is 3.07. The first-order valence-corrected chi connectivity index (χ1v) is 10.0. The first-order valence-electron chi connectivity index (χ1n) is 9.66. The van der Waals surface area contributed by atoms with Gasteiger partial charge in [-0.15, -0.1) is 0 Å². The van der Waals surface area contributed by atoms with Crippen LogP contribution in [0.3, 0.4) is 0 Å². The Hall–Kier alpha value is -2.99. The molecular formula is C23H24ClFN4O. The van der Waals surface area contributed by atoms with E-state index in [2.05, 4.69) is 15.3 Å². The number of hydrogen-bond acceptors (Lipinski definition) is 3. The van der Waals surface area contributed by atoms with Crippen molar-refractivity contribution in [3.8, 4) is 0 Å². The molecule has 5 nitrogen and oxygen atoms in total. The van der Waals surface area contributed by atoms with Crippen LogP contribution in [0.5, 0.6) is 0 Å². The van der Waals surface area contributed by atoms with Crippen LogP contribution in [0.1, 0.15) is 44.2 Å². The first kappa shape index (κ1) is 21.7. The molecule has 0 spiro atoms. The zero-order valence-electron chi connectivity index (χ0n) is 17.1. The molecule has 3 aromatic rings. The van der Waals surface area contributed by atoms with E-state index < -0.39 is 0 Å². The van der Waals surface area contributed by atoms with Crippen molar-refractivity contribution >= 4 is 34.3 Å². The normalized spacial score (nSPS) is 13.1. The Kier molecular flexibility index (Phi) is 6.67. The highest BCUT2D eigenvalue weighted by Gasteiger charge is 2.16. The summed E-state index contributed by atoms with van der Waals surface area (Å²) < 4.78 is 13.1. The number of fused-ring (bicyclic) bond motifs is 1. The Balaban J connectivity index is 1.75. The highest BCUT2D eigenvalue weighted by molar-refractivity contribution is 6.31. The largest absolute Gasteiger partial charge is 0.346 e. The lowest BCUT2D eigenvalue weighted by Crippen LogP contribution is -2.25. The van der Waals surface area contributed by atoms with E-state index in [0.29, 0.717) is 22.9 Å². The van der Waals surface area contributed by atoms with Crippen molar-refractivity contribution in [3.63, 3.8) is 0 Å². The van der Waals surface area contributed by atoms with E-state index in [1.165, 1.54) is 12.1 Å². The van der Waals surface area contributed by atoms with Crippen LogP contribution in [-0.2, 0) is 11.2 Å². The van der Waals surface area contributed by atoms with Crippen LogP contribution in [0, 0.1) is 11.2 Å². The van der Waals surface area contributed by atoms with Crippen LogP contribution in [0.15, 0.2) is 54.0 Å². The summed E-state index contributed by atoms with van der Waals surface area (Å²) in [6.07, 6.45) is 4.16. The van der Waals surface area contributed by atoms with Crippen LogP contribution >= 0.6 is 11.6 Å². The minimum atomic E-state index is -0.297. The lowest BCUT2D eigenvalue weighted by atomic mass is 9.97. The topological polar surface area (TPSA) is 81.6 Å². The van der Waals surface area contributed by atoms with Gasteiger partial charge in [0.05, 0.1) is 5.02 Å². The molecule has 0 fully saturated rings. The van der Waals surface area contributed by atoms with Gasteiger partial charge in [0.1, 0.15) is 11.5 Å². The molecule has 1 aromatic carbocycles. The lowest BCUT2D eigenvalue weighted by Gasteiger charge is -2.15. The summed E-state index contributed by atoms with van der Waals surface area (Å²) >= 11 is 6.08. The van der Waals surface area contributed by atoms with E-state index in [0.717, 1.165) is 27.7 Å². The summed E-state index contributed by atoms with van der Waals surface area (Å²) in [5.74, 6) is -0.495. The maximum absolute atomic E-state index is 13.1. The van der Waals surface area contributed by atoms with Gasteiger partial charge in [0, 0.05) is 42.0 Å². The third-order valence-electron chi connectivity index (χ3n) is 5.11. The van der Waals surface area contributed by atoms with Crippen molar-refractivity contribution < 1.29 is 9.18 Å². The number of aromatic nitrogens is 2. The number of aromatic amines is 1. The molecular weight excluding hydrogens is 403 g/mol. The van der Waals surface area contributed by atoms with Gasteiger partial charge >= 0.3 is 0 Å². The molecule has 0 unspecified atom stereocenters. The van der Waals surface area contributed by atoms with Crippen molar-refractivity contribution in [1.29, 1.82) is 5.41 Å².